The average molecular weight is 126 g/mol. The zero-order valence-electron chi connectivity index (χ0n) is 5.85. The molecular formula is C7H14N2. The third-order valence-electron chi connectivity index (χ3n) is 1.51. The molecule has 2 N–H and O–H groups in total. The molecule has 0 aromatic carbocycles. The van der Waals surface area contributed by atoms with Crippen LogP contribution in [0.3, 0.4) is 0 Å². The molecule has 0 unspecified atom stereocenters. The van der Waals surface area contributed by atoms with Gasteiger partial charge in [0.1, 0.15) is 0 Å². The van der Waals surface area contributed by atoms with E-state index in [9.17, 15) is 0 Å². The van der Waals surface area contributed by atoms with E-state index in [4.69, 9.17) is 0 Å². The first-order valence-electron chi connectivity index (χ1n) is 3.51. The van der Waals surface area contributed by atoms with Crippen LogP contribution in [0.4, 0.5) is 0 Å². The average Bonchev–Trinajstić information content (AvgIpc) is 2.34. The summed E-state index contributed by atoms with van der Waals surface area (Å²) in [6.45, 7) is 4.28. The molecule has 1 rings (SSSR count). The second-order valence-electron chi connectivity index (χ2n) is 2.27. The molecule has 0 aliphatic carbocycles. The molecule has 0 aromatic rings. The quantitative estimate of drug-likeness (QED) is 0.526. The molecule has 1 saturated heterocycles. The molecule has 2 heteroatoms. The smallest absolute Gasteiger partial charge is 0.0607 e. The van der Waals surface area contributed by atoms with Gasteiger partial charge in [-0.15, -0.1) is 0 Å². The van der Waals surface area contributed by atoms with Gasteiger partial charge in [-0.05, 0) is 13.3 Å². The Bertz CT molecular complexity index is 93.1. The fraction of sp³-hybridized carbons (Fsp3) is 0.714. The van der Waals surface area contributed by atoms with Crippen LogP contribution in [-0.2, 0) is 0 Å². The fourth-order valence-corrected chi connectivity index (χ4v) is 1.00. The monoisotopic (exact) mass is 126 g/mol. The van der Waals surface area contributed by atoms with E-state index in [2.05, 4.69) is 29.7 Å². The van der Waals surface area contributed by atoms with Crippen LogP contribution in [-0.4, -0.2) is 19.3 Å². The second kappa shape index (κ2) is 3.64. The molecule has 0 aromatic heterocycles. The van der Waals surface area contributed by atoms with E-state index in [0.717, 1.165) is 19.5 Å². The van der Waals surface area contributed by atoms with Gasteiger partial charge in [-0.2, -0.15) is 0 Å². The second-order valence-corrected chi connectivity index (χ2v) is 2.27. The largest absolute Gasteiger partial charge is 0.300 e. The Balaban J connectivity index is 2.11. The van der Waals surface area contributed by atoms with Crippen molar-refractivity contribution in [3.63, 3.8) is 0 Å². The highest BCUT2D eigenvalue weighted by molar-refractivity contribution is 4.84. The van der Waals surface area contributed by atoms with Gasteiger partial charge in [0.2, 0.25) is 0 Å². The van der Waals surface area contributed by atoms with Gasteiger partial charge in [0.25, 0.3) is 0 Å². The summed E-state index contributed by atoms with van der Waals surface area (Å²) in [7, 11) is 0. The van der Waals surface area contributed by atoms with Gasteiger partial charge in [0.05, 0.1) is 6.17 Å². The molecule has 2 nitrogen and oxygen atoms in total. The lowest BCUT2D eigenvalue weighted by molar-refractivity contribution is 0.561. The van der Waals surface area contributed by atoms with Gasteiger partial charge in [0, 0.05) is 13.1 Å². The van der Waals surface area contributed by atoms with Crippen LogP contribution in [0, 0.1) is 0 Å². The van der Waals surface area contributed by atoms with Crippen LogP contribution in [0.15, 0.2) is 12.2 Å². The lowest BCUT2D eigenvalue weighted by Crippen LogP contribution is -2.29. The molecule has 0 spiro atoms. The van der Waals surface area contributed by atoms with Crippen molar-refractivity contribution in [2.45, 2.75) is 19.5 Å². The Morgan fingerprint density at radius 1 is 1.44 bits per heavy atom. The van der Waals surface area contributed by atoms with Crippen LogP contribution in [0.2, 0.25) is 0 Å². The van der Waals surface area contributed by atoms with Gasteiger partial charge in [-0.3, -0.25) is 0 Å². The predicted molar refractivity (Wildman–Crippen MR) is 39.2 cm³/mol. The van der Waals surface area contributed by atoms with Gasteiger partial charge < -0.3 is 10.6 Å². The molecule has 52 valence electrons. The Labute approximate surface area is 56.3 Å². The van der Waals surface area contributed by atoms with Crippen molar-refractivity contribution in [1.29, 1.82) is 0 Å². The molecule has 1 aliphatic rings. The zero-order valence-corrected chi connectivity index (χ0v) is 5.85. The topological polar surface area (TPSA) is 24.1 Å². The third kappa shape index (κ3) is 2.16. The maximum Gasteiger partial charge on any atom is 0.0607 e. The molecule has 0 amide bonds. The van der Waals surface area contributed by atoms with Crippen LogP contribution in [0.1, 0.15) is 13.3 Å². The van der Waals surface area contributed by atoms with E-state index in [-0.39, 0.29) is 0 Å². The molecule has 0 saturated carbocycles. The van der Waals surface area contributed by atoms with Crippen LogP contribution < -0.4 is 10.6 Å². The lowest BCUT2D eigenvalue weighted by Gasteiger charge is -2.05. The van der Waals surface area contributed by atoms with Crippen molar-refractivity contribution < 1.29 is 0 Å². The Kier molecular flexibility index (Phi) is 2.74. The molecule has 1 aliphatic heterocycles. The van der Waals surface area contributed by atoms with Crippen molar-refractivity contribution in [3.05, 3.63) is 12.2 Å². The summed E-state index contributed by atoms with van der Waals surface area (Å²) < 4.78 is 0. The minimum Gasteiger partial charge on any atom is -0.300 e. The summed E-state index contributed by atoms with van der Waals surface area (Å²) in [5.41, 5.74) is 0. The predicted octanol–water partition coefficient (Wildman–Crippen LogP) is 0.471. The Morgan fingerprint density at radius 3 is 2.67 bits per heavy atom. The molecular weight excluding hydrogens is 112 g/mol. The summed E-state index contributed by atoms with van der Waals surface area (Å²) in [5.74, 6) is 0. The molecule has 1 heterocycles. The molecule has 0 atom stereocenters. The number of hydrogen-bond donors (Lipinski definition) is 2. The number of nitrogens with one attached hydrogen (secondary N) is 2. The zero-order chi connectivity index (χ0) is 6.53. The van der Waals surface area contributed by atoms with Crippen molar-refractivity contribution in [3.8, 4) is 0 Å². The highest BCUT2D eigenvalue weighted by atomic mass is 15.2. The Morgan fingerprint density at radius 2 is 2.11 bits per heavy atom. The maximum absolute atomic E-state index is 3.33. The summed E-state index contributed by atoms with van der Waals surface area (Å²) >= 11 is 0. The van der Waals surface area contributed by atoms with Gasteiger partial charge in [-0.1, -0.05) is 12.2 Å². The summed E-state index contributed by atoms with van der Waals surface area (Å²) in [6, 6.07) is 0. The highest BCUT2D eigenvalue weighted by Crippen LogP contribution is 1.92. The standard InChI is InChI=1S/C7H14N2/c1-2-3-4-7-8-5-6-9-7/h2-3,7-9H,4-6H2,1H3/b3-2-. The van der Waals surface area contributed by atoms with Crippen LogP contribution >= 0.6 is 0 Å². The van der Waals surface area contributed by atoms with Crippen molar-refractivity contribution in [1.82, 2.24) is 10.6 Å². The number of allylic oxidation sites excluding steroid dienone is 1. The maximum atomic E-state index is 3.33. The SMILES string of the molecule is C/C=C\CC1NCCN1. The van der Waals surface area contributed by atoms with Crippen LogP contribution in [0.5, 0.6) is 0 Å². The first-order chi connectivity index (χ1) is 4.43. The molecule has 1 fully saturated rings. The molecule has 0 radical (unpaired) electrons. The normalized spacial score (nSPS) is 21.9. The molecule has 9 heavy (non-hydrogen) atoms. The van der Waals surface area contributed by atoms with Gasteiger partial charge >= 0.3 is 0 Å². The van der Waals surface area contributed by atoms with E-state index < -0.39 is 0 Å². The lowest BCUT2D eigenvalue weighted by atomic mass is 10.3. The van der Waals surface area contributed by atoms with Crippen molar-refractivity contribution in [2.75, 3.05) is 13.1 Å². The van der Waals surface area contributed by atoms with E-state index in [1.54, 1.807) is 0 Å². The van der Waals surface area contributed by atoms with Gasteiger partial charge in [0.15, 0.2) is 0 Å². The first-order valence-corrected chi connectivity index (χ1v) is 3.51. The molecule has 0 bridgehead atoms. The first kappa shape index (κ1) is 6.78. The minimum atomic E-state index is 0.529. The summed E-state index contributed by atoms with van der Waals surface area (Å²) in [5, 5.41) is 6.66. The van der Waals surface area contributed by atoms with Crippen molar-refractivity contribution in [2.24, 2.45) is 0 Å². The van der Waals surface area contributed by atoms with E-state index in [1.807, 2.05) is 0 Å². The third-order valence-corrected chi connectivity index (χ3v) is 1.51. The number of rotatable bonds is 2. The van der Waals surface area contributed by atoms with E-state index >= 15 is 0 Å². The highest BCUT2D eigenvalue weighted by Gasteiger charge is 2.09. The number of hydrogen-bond acceptors (Lipinski definition) is 2. The van der Waals surface area contributed by atoms with Crippen molar-refractivity contribution >= 4 is 0 Å². The van der Waals surface area contributed by atoms with Crippen LogP contribution in [0.25, 0.3) is 0 Å². The van der Waals surface area contributed by atoms with E-state index in [0.29, 0.717) is 6.17 Å². The minimum absolute atomic E-state index is 0.529. The fourth-order valence-electron chi connectivity index (χ4n) is 1.00. The summed E-state index contributed by atoms with van der Waals surface area (Å²) in [6.07, 6.45) is 5.90. The van der Waals surface area contributed by atoms with Gasteiger partial charge in [-0.25, -0.2) is 0 Å². The Hall–Kier alpha value is -0.340. The summed E-state index contributed by atoms with van der Waals surface area (Å²) in [4.78, 5) is 0. The van der Waals surface area contributed by atoms with E-state index in [1.165, 1.54) is 0 Å².